The van der Waals surface area contributed by atoms with Gasteiger partial charge in [0, 0.05) is 0 Å². The van der Waals surface area contributed by atoms with E-state index >= 15 is 0 Å². The van der Waals surface area contributed by atoms with Gasteiger partial charge in [-0.3, -0.25) is 0 Å². The van der Waals surface area contributed by atoms with Crippen molar-refractivity contribution in [3.8, 4) is 6.07 Å². The van der Waals surface area contributed by atoms with Crippen LogP contribution in [0.5, 0.6) is 0 Å². The maximum absolute atomic E-state index is 10.3. The first-order valence-electron chi connectivity index (χ1n) is 6.42. The molecule has 0 radical (unpaired) electrons. The number of hydrogen-bond acceptors (Lipinski definition) is 2. The molecule has 0 saturated carbocycles. The molecule has 0 aliphatic carbocycles. The summed E-state index contributed by atoms with van der Waals surface area (Å²) in [6, 6.07) is 11.3. The van der Waals surface area contributed by atoms with Crippen molar-refractivity contribution in [3.05, 3.63) is 35.9 Å². The molecule has 0 amide bonds. The zero-order valence-corrected chi connectivity index (χ0v) is 10.5. The monoisotopic (exact) mass is 231 g/mol. The summed E-state index contributed by atoms with van der Waals surface area (Å²) in [4.78, 5) is 0. The molecule has 0 bridgehead atoms. The Morgan fingerprint density at radius 2 is 1.76 bits per heavy atom. The predicted octanol–water partition coefficient (Wildman–Crippen LogP) is 3.76. The van der Waals surface area contributed by atoms with Gasteiger partial charge in [-0.1, -0.05) is 62.9 Å². The van der Waals surface area contributed by atoms with Crippen LogP contribution in [-0.4, -0.2) is 5.11 Å². The fraction of sp³-hybridized carbons (Fsp3) is 0.533. The molecule has 1 aromatic rings. The summed E-state index contributed by atoms with van der Waals surface area (Å²) < 4.78 is 0. The lowest BCUT2D eigenvalue weighted by Crippen LogP contribution is -2.23. The third-order valence-electron chi connectivity index (χ3n) is 3.08. The van der Waals surface area contributed by atoms with Gasteiger partial charge in [-0.05, 0) is 18.4 Å². The molecule has 1 aromatic carbocycles. The minimum absolute atomic E-state index is 0.525. The standard InChI is InChI=1S/C15H21NO/c1-2-3-4-5-9-12-15(17,13-16)14-10-7-6-8-11-14/h6-8,10-11,17H,2-5,9,12H2,1H3. The maximum atomic E-state index is 10.3. The minimum Gasteiger partial charge on any atom is -0.371 e. The summed E-state index contributed by atoms with van der Waals surface area (Å²) in [7, 11) is 0. The van der Waals surface area contributed by atoms with Crippen LogP contribution in [0.4, 0.5) is 0 Å². The van der Waals surface area contributed by atoms with E-state index < -0.39 is 5.60 Å². The van der Waals surface area contributed by atoms with E-state index in [-0.39, 0.29) is 0 Å². The van der Waals surface area contributed by atoms with Gasteiger partial charge in [-0.15, -0.1) is 0 Å². The quantitative estimate of drug-likeness (QED) is 0.573. The van der Waals surface area contributed by atoms with E-state index in [1.54, 1.807) is 0 Å². The smallest absolute Gasteiger partial charge is 0.176 e. The molecule has 1 N–H and O–H groups in total. The van der Waals surface area contributed by atoms with Gasteiger partial charge in [-0.25, -0.2) is 0 Å². The van der Waals surface area contributed by atoms with E-state index in [0.29, 0.717) is 12.0 Å². The zero-order chi connectivity index (χ0) is 12.6. The van der Waals surface area contributed by atoms with Crippen LogP contribution in [-0.2, 0) is 5.60 Å². The van der Waals surface area contributed by atoms with Gasteiger partial charge in [0.25, 0.3) is 0 Å². The van der Waals surface area contributed by atoms with Crippen molar-refractivity contribution in [1.29, 1.82) is 5.26 Å². The van der Waals surface area contributed by atoms with Crippen LogP contribution in [0.3, 0.4) is 0 Å². The number of aliphatic hydroxyl groups is 1. The molecule has 1 rings (SSSR count). The van der Waals surface area contributed by atoms with Crippen molar-refractivity contribution < 1.29 is 5.11 Å². The summed E-state index contributed by atoms with van der Waals surface area (Å²) >= 11 is 0. The Morgan fingerprint density at radius 1 is 1.12 bits per heavy atom. The van der Waals surface area contributed by atoms with Crippen molar-refractivity contribution in [1.82, 2.24) is 0 Å². The van der Waals surface area contributed by atoms with Gasteiger partial charge >= 0.3 is 0 Å². The van der Waals surface area contributed by atoms with Gasteiger partial charge in [0.1, 0.15) is 6.07 Å². The highest BCUT2D eigenvalue weighted by atomic mass is 16.3. The molecule has 2 nitrogen and oxygen atoms in total. The maximum Gasteiger partial charge on any atom is 0.176 e. The molecule has 1 unspecified atom stereocenters. The molecule has 0 heterocycles. The van der Waals surface area contributed by atoms with Gasteiger partial charge < -0.3 is 5.11 Å². The normalized spacial score (nSPS) is 13.9. The Morgan fingerprint density at radius 3 is 2.35 bits per heavy atom. The first-order chi connectivity index (χ1) is 8.23. The highest BCUT2D eigenvalue weighted by Gasteiger charge is 2.27. The Kier molecular flexibility index (Phi) is 5.72. The van der Waals surface area contributed by atoms with Crippen LogP contribution in [0, 0.1) is 11.3 Å². The SMILES string of the molecule is CCCCCCCC(O)(C#N)c1ccccc1. The molecular weight excluding hydrogens is 210 g/mol. The number of hydrogen-bond donors (Lipinski definition) is 1. The highest BCUT2D eigenvalue weighted by Crippen LogP contribution is 2.26. The van der Waals surface area contributed by atoms with Crippen LogP contribution in [0.1, 0.15) is 51.0 Å². The third-order valence-corrected chi connectivity index (χ3v) is 3.08. The van der Waals surface area contributed by atoms with Gasteiger partial charge in [0.2, 0.25) is 0 Å². The fourth-order valence-electron chi connectivity index (χ4n) is 1.96. The lowest BCUT2D eigenvalue weighted by molar-refractivity contribution is 0.0845. The van der Waals surface area contributed by atoms with Gasteiger partial charge in [0.15, 0.2) is 5.60 Å². The van der Waals surface area contributed by atoms with E-state index in [2.05, 4.69) is 6.92 Å². The Labute approximate surface area is 104 Å². The summed E-state index contributed by atoms with van der Waals surface area (Å²) in [5.74, 6) is 0. The summed E-state index contributed by atoms with van der Waals surface area (Å²) in [6.07, 6.45) is 6.14. The molecule has 0 aliphatic heterocycles. The molecular formula is C15H21NO. The van der Waals surface area contributed by atoms with Gasteiger partial charge in [0.05, 0.1) is 0 Å². The van der Waals surface area contributed by atoms with E-state index in [4.69, 9.17) is 5.26 Å². The molecule has 92 valence electrons. The van der Waals surface area contributed by atoms with Crippen LogP contribution in [0.15, 0.2) is 30.3 Å². The molecule has 2 heteroatoms. The highest BCUT2D eigenvalue weighted by molar-refractivity contribution is 5.28. The molecule has 0 saturated heterocycles. The predicted molar refractivity (Wildman–Crippen MR) is 69.3 cm³/mol. The molecule has 0 spiro atoms. The Balaban J connectivity index is 2.50. The first kappa shape index (κ1) is 13.7. The third kappa shape index (κ3) is 4.20. The topological polar surface area (TPSA) is 44.0 Å². The molecule has 17 heavy (non-hydrogen) atoms. The lowest BCUT2D eigenvalue weighted by Gasteiger charge is -2.20. The van der Waals surface area contributed by atoms with Crippen molar-refractivity contribution in [3.63, 3.8) is 0 Å². The number of unbranched alkanes of at least 4 members (excludes halogenated alkanes) is 4. The Bertz CT molecular complexity index is 355. The first-order valence-corrected chi connectivity index (χ1v) is 6.42. The second kappa shape index (κ2) is 7.09. The van der Waals surface area contributed by atoms with Crippen LogP contribution < -0.4 is 0 Å². The van der Waals surface area contributed by atoms with Crippen molar-refractivity contribution in [2.75, 3.05) is 0 Å². The summed E-state index contributed by atoms with van der Waals surface area (Å²) in [6.45, 7) is 2.18. The van der Waals surface area contributed by atoms with Crippen LogP contribution >= 0.6 is 0 Å². The second-order valence-corrected chi connectivity index (χ2v) is 4.50. The molecule has 1 atom stereocenters. The van der Waals surface area contributed by atoms with Crippen LogP contribution in [0.2, 0.25) is 0 Å². The number of benzene rings is 1. The number of rotatable bonds is 7. The minimum atomic E-state index is -1.31. The molecule has 0 fully saturated rings. The lowest BCUT2D eigenvalue weighted by atomic mass is 9.89. The summed E-state index contributed by atoms with van der Waals surface area (Å²) in [5, 5.41) is 19.4. The summed E-state index contributed by atoms with van der Waals surface area (Å²) in [5.41, 5.74) is -0.606. The van der Waals surface area contributed by atoms with E-state index in [1.807, 2.05) is 36.4 Å². The number of nitrogens with zero attached hydrogens (tertiary/aromatic N) is 1. The van der Waals surface area contributed by atoms with Crippen molar-refractivity contribution >= 4 is 0 Å². The zero-order valence-electron chi connectivity index (χ0n) is 10.5. The van der Waals surface area contributed by atoms with Crippen LogP contribution in [0.25, 0.3) is 0 Å². The van der Waals surface area contributed by atoms with Crippen molar-refractivity contribution in [2.45, 2.75) is 51.0 Å². The Hall–Kier alpha value is -1.33. The van der Waals surface area contributed by atoms with E-state index in [0.717, 1.165) is 12.8 Å². The molecule has 0 aliphatic rings. The van der Waals surface area contributed by atoms with E-state index in [1.165, 1.54) is 19.3 Å². The second-order valence-electron chi connectivity index (χ2n) is 4.50. The number of nitriles is 1. The van der Waals surface area contributed by atoms with Gasteiger partial charge in [-0.2, -0.15) is 5.26 Å². The molecule has 0 aromatic heterocycles. The average Bonchev–Trinajstić information content (AvgIpc) is 2.39. The van der Waals surface area contributed by atoms with E-state index in [9.17, 15) is 5.11 Å². The fourth-order valence-corrected chi connectivity index (χ4v) is 1.96. The largest absolute Gasteiger partial charge is 0.371 e. The average molecular weight is 231 g/mol. The van der Waals surface area contributed by atoms with Crippen molar-refractivity contribution in [2.24, 2.45) is 0 Å².